The van der Waals surface area contributed by atoms with Gasteiger partial charge in [-0.3, -0.25) is 14.4 Å². The van der Waals surface area contributed by atoms with Crippen molar-refractivity contribution in [2.45, 2.75) is 45.4 Å². The normalized spacial score (nSPS) is 24.4. The van der Waals surface area contributed by atoms with Crippen LogP contribution in [0.2, 0.25) is 0 Å². The fraction of sp³-hybridized carbons (Fsp3) is 0.500. The van der Waals surface area contributed by atoms with Gasteiger partial charge in [0, 0.05) is 20.8 Å². The number of hydrogen-bond acceptors (Lipinski definition) is 9. The minimum atomic E-state index is -1.16. The van der Waals surface area contributed by atoms with E-state index in [1.807, 2.05) is 0 Å². The fourth-order valence-corrected chi connectivity index (χ4v) is 2.65. The van der Waals surface area contributed by atoms with E-state index in [1.54, 1.807) is 24.3 Å². The number of ether oxygens (including phenoxy) is 6. The van der Waals surface area contributed by atoms with Gasteiger partial charge in [0.15, 0.2) is 23.7 Å². The van der Waals surface area contributed by atoms with Gasteiger partial charge in [-0.2, -0.15) is 0 Å². The van der Waals surface area contributed by atoms with Crippen molar-refractivity contribution in [3.8, 4) is 11.5 Å². The molecular weight excluding hydrogens is 360 g/mol. The summed E-state index contributed by atoms with van der Waals surface area (Å²) in [6.07, 6.45) is -4.31. The number of methoxy groups -OCH3 is 1. The molecule has 1 aliphatic rings. The zero-order valence-corrected chi connectivity index (χ0v) is 15.5. The lowest BCUT2D eigenvalue weighted by molar-refractivity contribution is -0.260. The molecule has 1 saturated heterocycles. The van der Waals surface area contributed by atoms with E-state index in [1.165, 1.54) is 27.9 Å². The zero-order chi connectivity index (χ0) is 20.0. The average Bonchev–Trinajstić information content (AvgIpc) is 2.59. The molecule has 9 nitrogen and oxygen atoms in total. The molecular formula is C18H22O9. The molecule has 2 rings (SSSR count). The monoisotopic (exact) mass is 382 g/mol. The second-order valence-electron chi connectivity index (χ2n) is 5.77. The van der Waals surface area contributed by atoms with Gasteiger partial charge in [0.05, 0.1) is 13.7 Å². The number of carbonyl (C=O) groups excluding carboxylic acids is 3. The SMILES string of the molecule is COc1ccccc1O[C@@H]1OC[C@H](OC(C)=O)[C@H](OC(C)=O)[C@H]1OC(C)=O. The molecule has 0 amide bonds. The lowest BCUT2D eigenvalue weighted by Gasteiger charge is -2.40. The molecule has 0 spiro atoms. The number of para-hydroxylation sites is 2. The first kappa shape index (κ1) is 20.5. The Morgan fingerprint density at radius 3 is 2.00 bits per heavy atom. The second-order valence-corrected chi connectivity index (χ2v) is 5.77. The molecule has 1 fully saturated rings. The summed E-state index contributed by atoms with van der Waals surface area (Å²) >= 11 is 0. The molecule has 0 aromatic heterocycles. The Morgan fingerprint density at radius 2 is 1.44 bits per heavy atom. The predicted molar refractivity (Wildman–Crippen MR) is 90.0 cm³/mol. The van der Waals surface area contributed by atoms with Gasteiger partial charge in [-0.05, 0) is 12.1 Å². The van der Waals surface area contributed by atoms with Gasteiger partial charge < -0.3 is 28.4 Å². The van der Waals surface area contributed by atoms with Crippen LogP contribution in [0.1, 0.15) is 20.8 Å². The largest absolute Gasteiger partial charge is 0.493 e. The third-order valence-electron chi connectivity index (χ3n) is 3.62. The minimum Gasteiger partial charge on any atom is -0.493 e. The summed E-state index contributed by atoms with van der Waals surface area (Å²) in [6, 6.07) is 6.82. The Hall–Kier alpha value is -2.81. The Bertz CT molecular complexity index is 687. The molecule has 0 unspecified atom stereocenters. The molecule has 1 aromatic carbocycles. The summed E-state index contributed by atoms with van der Waals surface area (Å²) in [6.45, 7) is 3.49. The number of rotatable bonds is 6. The molecule has 1 aromatic rings. The third-order valence-corrected chi connectivity index (χ3v) is 3.62. The first-order chi connectivity index (χ1) is 12.8. The van der Waals surface area contributed by atoms with Crippen LogP contribution in [-0.4, -0.2) is 56.2 Å². The molecule has 27 heavy (non-hydrogen) atoms. The minimum absolute atomic E-state index is 0.116. The van der Waals surface area contributed by atoms with Crippen molar-refractivity contribution in [2.75, 3.05) is 13.7 Å². The summed E-state index contributed by atoms with van der Waals surface area (Å²) in [5.41, 5.74) is 0. The van der Waals surface area contributed by atoms with E-state index in [0.717, 1.165) is 0 Å². The second kappa shape index (κ2) is 9.22. The quantitative estimate of drug-likeness (QED) is 0.530. The van der Waals surface area contributed by atoms with Gasteiger partial charge in [-0.25, -0.2) is 0 Å². The van der Waals surface area contributed by atoms with Crippen molar-refractivity contribution in [3.05, 3.63) is 24.3 Å². The third kappa shape index (κ3) is 5.58. The Morgan fingerprint density at radius 1 is 0.889 bits per heavy atom. The standard InChI is InChI=1S/C18H22O9/c1-10(19)24-15-9-23-18(27-14-8-6-5-7-13(14)22-4)17(26-12(3)21)16(15)25-11(2)20/h5-8,15-18H,9H2,1-4H3/t15-,16-,17+,18-/m0/s1. The van der Waals surface area contributed by atoms with Crippen LogP contribution in [0.4, 0.5) is 0 Å². The predicted octanol–water partition coefficient (Wildman–Crippen LogP) is 1.23. The van der Waals surface area contributed by atoms with E-state index in [4.69, 9.17) is 28.4 Å². The maximum absolute atomic E-state index is 11.6. The lowest BCUT2D eigenvalue weighted by atomic mass is 10.0. The van der Waals surface area contributed by atoms with Crippen molar-refractivity contribution >= 4 is 17.9 Å². The number of esters is 3. The first-order valence-corrected chi connectivity index (χ1v) is 8.24. The molecule has 148 valence electrons. The van der Waals surface area contributed by atoms with Crippen molar-refractivity contribution in [2.24, 2.45) is 0 Å². The molecule has 9 heteroatoms. The first-order valence-electron chi connectivity index (χ1n) is 8.24. The molecule has 1 heterocycles. The van der Waals surface area contributed by atoms with Gasteiger partial charge in [0.2, 0.25) is 12.4 Å². The highest BCUT2D eigenvalue weighted by molar-refractivity contribution is 5.68. The highest BCUT2D eigenvalue weighted by atomic mass is 16.7. The van der Waals surface area contributed by atoms with Crippen molar-refractivity contribution < 1.29 is 42.8 Å². The summed E-state index contributed by atoms with van der Waals surface area (Å²) in [5.74, 6) is -1.08. The molecule has 1 aliphatic heterocycles. The summed E-state index contributed by atoms with van der Waals surface area (Å²) in [5, 5.41) is 0. The highest BCUT2D eigenvalue weighted by Crippen LogP contribution is 2.31. The van der Waals surface area contributed by atoms with Crippen LogP contribution in [0.25, 0.3) is 0 Å². The Kier molecular flexibility index (Phi) is 7.00. The molecule has 0 N–H and O–H groups in total. The molecule has 0 radical (unpaired) electrons. The maximum Gasteiger partial charge on any atom is 0.303 e. The van der Waals surface area contributed by atoms with Crippen LogP contribution in [0.15, 0.2) is 24.3 Å². The van der Waals surface area contributed by atoms with E-state index in [2.05, 4.69) is 0 Å². The summed E-state index contributed by atoms with van der Waals surface area (Å²) in [7, 11) is 1.48. The van der Waals surface area contributed by atoms with Crippen LogP contribution in [0, 0.1) is 0 Å². The van der Waals surface area contributed by atoms with Crippen LogP contribution in [0.5, 0.6) is 11.5 Å². The van der Waals surface area contributed by atoms with Gasteiger partial charge >= 0.3 is 17.9 Å². The number of carbonyl (C=O) groups is 3. The Labute approximate surface area is 156 Å². The molecule has 0 bridgehead atoms. The lowest BCUT2D eigenvalue weighted by Crippen LogP contribution is -2.59. The summed E-state index contributed by atoms with van der Waals surface area (Å²) in [4.78, 5) is 34.5. The van der Waals surface area contributed by atoms with Crippen molar-refractivity contribution in [3.63, 3.8) is 0 Å². The molecule has 0 saturated carbocycles. The van der Waals surface area contributed by atoms with E-state index in [9.17, 15) is 14.4 Å². The van der Waals surface area contributed by atoms with Gasteiger partial charge in [0.1, 0.15) is 0 Å². The van der Waals surface area contributed by atoms with E-state index in [0.29, 0.717) is 11.5 Å². The van der Waals surface area contributed by atoms with Crippen molar-refractivity contribution in [1.82, 2.24) is 0 Å². The average molecular weight is 382 g/mol. The molecule has 0 aliphatic carbocycles. The van der Waals surface area contributed by atoms with E-state index in [-0.39, 0.29) is 6.61 Å². The van der Waals surface area contributed by atoms with Crippen LogP contribution in [-0.2, 0) is 33.3 Å². The van der Waals surface area contributed by atoms with Gasteiger partial charge in [0.25, 0.3) is 0 Å². The fourth-order valence-electron chi connectivity index (χ4n) is 2.65. The smallest absolute Gasteiger partial charge is 0.303 e. The van der Waals surface area contributed by atoms with E-state index >= 15 is 0 Å². The maximum atomic E-state index is 11.6. The van der Waals surface area contributed by atoms with Crippen LogP contribution >= 0.6 is 0 Å². The molecule has 4 atom stereocenters. The van der Waals surface area contributed by atoms with Crippen molar-refractivity contribution in [1.29, 1.82) is 0 Å². The Balaban J connectivity index is 2.31. The summed E-state index contributed by atoms with van der Waals surface area (Å²) < 4.78 is 32.3. The topological polar surface area (TPSA) is 107 Å². The number of benzene rings is 1. The van der Waals surface area contributed by atoms with Crippen LogP contribution in [0.3, 0.4) is 0 Å². The van der Waals surface area contributed by atoms with Gasteiger partial charge in [-0.15, -0.1) is 0 Å². The zero-order valence-electron chi connectivity index (χ0n) is 15.5. The van der Waals surface area contributed by atoms with E-state index < -0.39 is 42.5 Å². The number of hydrogen-bond donors (Lipinski definition) is 0. The van der Waals surface area contributed by atoms with Gasteiger partial charge in [-0.1, -0.05) is 12.1 Å². The van der Waals surface area contributed by atoms with Crippen LogP contribution < -0.4 is 9.47 Å². The highest BCUT2D eigenvalue weighted by Gasteiger charge is 2.48.